The predicted molar refractivity (Wildman–Crippen MR) is 99.6 cm³/mol. The Hall–Kier alpha value is -2.63. The van der Waals surface area contributed by atoms with E-state index in [2.05, 4.69) is 35.1 Å². The average molecular weight is 352 g/mol. The first-order chi connectivity index (χ1) is 12.6. The van der Waals surface area contributed by atoms with E-state index in [1.807, 2.05) is 18.2 Å². The van der Waals surface area contributed by atoms with Gasteiger partial charge < -0.3 is 15.0 Å². The van der Waals surface area contributed by atoms with E-state index in [0.29, 0.717) is 24.8 Å². The van der Waals surface area contributed by atoms with Crippen molar-refractivity contribution in [3.63, 3.8) is 0 Å². The molecule has 2 aliphatic rings. The zero-order valence-electron chi connectivity index (χ0n) is 15.3. The van der Waals surface area contributed by atoms with Gasteiger partial charge in [-0.3, -0.25) is 4.79 Å². The number of benzene rings is 1. The Kier molecular flexibility index (Phi) is 4.49. The van der Waals surface area contributed by atoms with E-state index in [1.165, 1.54) is 0 Å². The van der Waals surface area contributed by atoms with Crippen molar-refractivity contribution < 1.29 is 9.53 Å². The maximum atomic E-state index is 12.4. The van der Waals surface area contributed by atoms with Gasteiger partial charge in [0.05, 0.1) is 6.54 Å². The van der Waals surface area contributed by atoms with Crippen LogP contribution in [0.5, 0.6) is 5.75 Å². The monoisotopic (exact) mass is 352 g/mol. The molecule has 0 bridgehead atoms. The minimum Gasteiger partial charge on any atom is -0.491 e. The smallest absolute Gasteiger partial charge is 0.270 e. The number of ether oxygens (including phenoxy) is 1. The number of carbonyl (C=O) groups is 1. The van der Waals surface area contributed by atoms with Gasteiger partial charge in [-0.25, -0.2) is 9.97 Å². The van der Waals surface area contributed by atoms with Crippen molar-refractivity contribution in [1.82, 2.24) is 15.3 Å². The van der Waals surface area contributed by atoms with Crippen LogP contribution in [-0.4, -0.2) is 35.6 Å². The van der Waals surface area contributed by atoms with Crippen molar-refractivity contribution in [2.24, 2.45) is 5.92 Å². The van der Waals surface area contributed by atoms with Crippen LogP contribution in [0.4, 0.5) is 5.82 Å². The molecule has 3 heterocycles. The van der Waals surface area contributed by atoms with Gasteiger partial charge in [0, 0.05) is 30.6 Å². The molecule has 1 aromatic heterocycles. The van der Waals surface area contributed by atoms with Crippen LogP contribution in [0.3, 0.4) is 0 Å². The van der Waals surface area contributed by atoms with Crippen LogP contribution in [0, 0.1) is 5.92 Å². The quantitative estimate of drug-likeness (QED) is 0.918. The molecule has 0 radical (unpaired) electrons. The minimum absolute atomic E-state index is 0.0913. The third kappa shape index (κ3) is 3.23. The lowest BCUT2D eigenvalue weighted by Gasteiger charge is -2.27. The second kappa shape index (κ2) is 6.94. The molecular weight excluding hydrogens is 328 g/mol. The molecule has 0 fully saturated rings. The van der Waals surface area contributed by atoms with Gasteiger partial charge in [-0.1, -0.05) is 32.0 Å². The average Bonchev–Trinajstić information content (AvgIpc) is 2.84. The molecule has 26 heavy (non-hydrogen) atoms. The summed E-state index contributed by atoms with van der Waals surface area (Å²) in [6, 6.07) is 8.11. The first-order valence-electron chi connectivity index (χ1n) is 9.25. The molecule has 6 nitrogen and oxygen atoms in total. The molecular formula is C20H24N4O2. The summed E-state index contributed by atoms with van der Waals surface area (Å²) >= 11 is 0. The summed E-state index contributed by atoms with van der Waals surface area (Å²) in [7, 11) is 0. The zero-order valence-corrected chi connectivity index (χ0v) is 15.3. The normalized spacial score (nSPS) is 16.4. The van der Waals surface area contributed by atoms with Gasteiger partial charge in [0.15, 0.2) is 0 Å². The van der Waals surface area contributed by atoms with Crippen LogP contribution in [-0.2, 0) is 19.4 Å². The van der Waals surface area contributed by atoms with Crippen molar-refractivity contribution in [1.29, 1.82) is 0 Å². The highest BCUT2D eigenvalue weighted by Gasteiger charge is 2.27. The summed E-state index contributed by atoms with van der Waals surface area (Å²) < 4.78 is 5.90. The maximum Gasteiger partial charge on any atom is 0.270 e. The lowest BCUT2D eigenvalue weighted by atomic mass is 10.0. The van der Waals surface area contributed by atoms with E-state index in [-0.39, 0.29) is 5.91 Å². The third-order valence-electron chi connectivity index (χ3n) is 4.75. The number of hydrogen-bond acceptors (Lipinski definition) is 5. The third-order valence-corrected chi connectivity index (χ3v) is 4.75. The molecule has 1 aromatic carbocycles. The summed E-state index contributed by atoms with van der Waals surface area (Å²) in [6.07, 6.45) is 1.52. The number of aromatic nitrogens is 2. The van der Waals surface area contributed by atoms with Gasteiger partial charge in [0.1, 0.15) is 29.7 Å². The Morgan fingerprint density at radius 2 is 2.12 bits per heavy atom. The summed E-state index contributed by atoms with van der Waals surface area (Å²) in [4.78, 5) is 24.1. The summed E-state index contributed by atoms with van der Waals surface area (Å²) in [5, 5.41) is 2.90. The van der Waals surface area contributed by atoms with Gasteiger partial charge in [-0.2, -0.15) is 0 Å². The Morgan fingerprint density at radius 3 is 2.96 bits per heavy atom. The topological polar surface area (TPSA) is 67.3 Å². The van der Waals surface area contributed by atoms with E-state index in [4.69, 9.17) is 9.72 Å². The van der Waals surface area contributed by atoms with Crippen molar-refractivity contribution in [3.05, 3.63) is 46.9 Å². The van der Waals surface area contributed by atoms with Crippen molar-refractivity contribution in [2.75, 3.05) is 24.6 Å². The maximum absolute atomic E-state index is 12.4. The number of amides is 1. The van der Waals surface area contributed by atoms with Crippen LogP contribution in [0.15, 0.2) is 24.3 Å². The molecule has 1 amide bonds. The minimum atomic E-state index is -0.0913. The fourth-order valence-electron chi connectivity index (χ4n) is 3.54. The van der Waals surface area contributed by atoms with Gasteiger partial charge in [-0.05, 0) is 18.4 Å². The van der Waals surface area contributed by atoms with Crippen molar-refractivity contribution in [3.8, 4) is 5.75 Å². The molecule has 1 N–H and O–H groups in total. The number of nitrogens with one attached hydrogen (secondary N) is 1. The summed E-state index contributed by atoms with van der Waals surface area (Å²) in [5.41, 5.74) is 2.64. The molecule has 136 valence electrons. The number of para-hydroxylation sites is 1. The second-order valence-corrected chi connectivity index (χ2v) is 7.27. The number of nitrogens with zero attached hydrogens (tertiary/aromatic N) is 3. The fraction of sp³-hybridized carbons (Fsp3) is 0.450. The van der Waals surface area contributed by atoms with E-state index >= 15 is 0 Å². The molecule has 2 aromatic rings. The first kappa shape index (κ1) is 16.8. The predicted octanol–water partition coefficient (Wildman–Crippen LogP) is 2.36. The number of hydrogen-bond donors (Lipinski definition) is 1. The SMILES string of the molecule is CC(C)Cc1nc2c(c(N3CCOc4ccccc4C3)n1)CCNC2=O. The Balaban J connectivity index is 1.77. The molecule has 0 aliphatic carbocycles. The molecule has 2 aliphatic heterocycles. The Morgan fingerprint density at radius 1 is 1.27 bits per heavy atom. The van der Waals surface area contributed by atoms with Gasteiger partial charge >= 0.3 is 0 Å². The van der Waals surface area contributed by atoms with Crippen LogP contribution in [0.2, 0.25) is 0 Å². The number of fused-ring (bicyclic) bond motifs is 2. The van der Waals surface area contributed by atoms with Crippen LogP contribution in [0.25, 0.3) is 0 Å². The van der Waals surface area contributed by atoms with Crippen molar-refractivity contribution >= 4 is 11.7 Å². The Labute approximate surface area is 153 Å². The number of carbonyl (C=O) groups excluding carboxylic acids is 1. The second-order valence-electron chi connectivity index (χ2n) is 7.27. The number of rotatable bonds is 3. The highest BCUT2D eigenvalue weighted by Crippen LogP contribution is 2.29. The standard InChI is InChI=1S/C20H24N4O2/c1-13(2)11-17-22-18-15(7-8-21-20(18)25)19(23-17)24-9-10-26-16-6-4-3-5-14(16)12-24/h3-6,13H,7-12H2,1-2H3,(H,21,25). The summed E-state index contributed by atoms with van der Waals surface area (Å²) in [6.45, 7) is 6.97. The summed E-state index contributed by atoms with van der Waals surface area (Å²) in [5.74, 6) is 2.90. The van der Waals surface area contributed by atoms with Gasteiger partial charge in [0.2, 0.25) is 0 Å². The molecule has 0 atom stereocenters. The van der Waals surface area contributed by atoms with Crippen molar-refractivity contribution in [2.45, 2.75) is 33.2 Å². The molecule has 0 spiro atoms. The van der Waals surface area contributed by atoms with E-state index in [9.17, 15) is 4.79 Å². The van der Waals surface area contributed by atoms with E-state index in [0.717, 1.165) is 54.4 Å². The lowest BCUT2D eigenvalue weighted by Crippen LogP contribution is -2.36. The molecule has 6 heteroatoms. The van der Waals surface area contributed by atoms with Crippen LogP contribution >= 0.6 is 0 Å². The lowest BCUT2D eigenvalue weighted by molar-refractivity contribution is 0.0940. The highest BCUT2D eigenvalue weighted by molar-refractivity contribution is 5.96. The van der Waals surface area contributed by atoms with Crippen LogP contribution in [0.1, 0.15) is 41.3 Å². The van der Waals surface area contributed by atoms with E-state index < -0.39 is 0 Å². The molecule has 0 unspecified atom stereocenters. The highest BCUT2D eigenvalue weighted by atomic mass is 16.5. The molecule has 0 saturated heterocycles. The largest absolute Gasteiger partial charge is 0.491 e. The van der Waals surface area contributed by atoms with Crippen LogP contribution < -0.4 is 15.0 Å². The molecule has 4 rings (SSSR count). The van der Waals surface area contributed by atoms with E-state index in [1.54, 1.807) is 0 Å². The number of anilines is 1. The fourth-order valence-corrected chi connectivity index (χ4v) is 3.54. The molecule has 0 saturated carbocycles. The zero-order chi connectivity index (χ0) is 18.1. The van der Waals surface area contributed by atoms with Gasteiger partial charge in [0.25, 0.3) is 5.91 Å². The Bertz CT molecular complexity index is 835. The van der Waals surface area contributed by atoms with Gasteiger partial charge in [-0.15, -0.1) is 0 Å². The first-order valence-corrected chi connectivity index (χ1v) is 9.25.